The van der Waals surface area contributed by atoms with Gasteiger partial charge in [-0.2, -0.15) is 5.10 Å². The van der Waals surface area contributed by atoms with Crippen LogP contribution in [0.1, 0.15) is 10.5 Å². The maximum Gasteiger partial charge on any atom is 0.276 e. The highest BCUT2D eigenvalue weighted by Crippen LogP contribution is 2.19. The van der Waals surface area contributed by atoms with Gasteiger partial charge in [-0.3, -0.25) is 4.79 Å². The summed E-state index contributed by atoms with van der Waals surface area (Å²) >= 11 is 0. The molecule has 0 aliphatic carbocycles. The van der Waals surface area contributed by atoms with Gasteiger partial charge in [0.1, 0.15) is 0 Å². The van der Waals surface area contributed by atoms with Crippen molar-refractivity contribution < 1.29 is 18.0 Å². The summed E-state index contributed by atoms with van der Waals surface area (Å²) in [7, 11) is 0. The fourth-order valence-electron chi connectivity index (χ4n) is 1.23. The van der Waals surface area contributed by atoms with Crippen LogP contribution in [0.5, 0.6) is 0 Å². The molecule has 2 rings (SSSR count). The van der Waals surface area contributed by atoms with E-state index in [-0.39, 0.29) is 5.69 Å². The predicted octanol–water partition coefficient (Wildman–Crippen LogP) is 2.15. The maximum atomic E-state index is 13.3. The number of rotatable bonds is 2. The summed E-state index contributed by atoms with van der Waals surface area (Å²) in [5, 5.41) is 9.03. The third-order valence-electron chi connectivity index (χ3n) is 2.09. The van der Waals surface area contributed by atoms with E-state index in [0.717, 1.165) is 6.07 Å². The van der Waals surface area contributed by atoms with Crippen molar-refractivity contribution in [2.24, 2.45) is 0 Å². The van der Waals surface area contributed by atoms with Gasteiger partial charge in [0.2, 0.25) is 0 Å². The molecule has 0 fully saturated rings. The van der Waals surface area contributed by atoms with E-state index in [9.17, 15) is 18.0 Å². The zero-order chi connectivity index (χ0) is 13.1. The Morgan fingerprint density at radius 2 is 1.89 bits per heavy atom. The van der Waals surface area contributed by atoms with E-state index in [1.807, 2.05) is 0 Å². The number of benzene rings is 1. The number of nitrogens with one attached hydrogen (secondary N) is 1. The van der Waals surface area contributed by atoms with Crippen molar-refractivity contribution in [3.63, 3.8) is 0 Å². The summed E-state index contributed by atoms with van der Waals surface area (Å²) in [6.07, 6.45) is 1.36. The summed E-state index contributed by atoms with van der Waals surface area (Å²) in [6, 6.07) is 4.44. The number of hydrogen-bond donors (Lipinski definition) is 1. The van der Waals surface area contributed by atoms with E-state index in [2.05, 4.69) is 15.5 Å². The molecule has 92 valence electrons. The molecule has 0 unspecified atom stereocenters. The molecule has 0 bridgehead atoms. The van der Waals surface area contributed by atoms with E-state index in [4.69, 9.17) is 0 Å². The second-order valence-electron chi connectivity index (χ2n) is 3.29. The van der Waals surface area contributed by atoms with Gasteiger partial charge >= 0.3 is 0 Å². The second kappa shape index (κ2) is 4.82. The van der Waals surface area contributed by atoms with Crippen LogP contribution in [0, 0.1) is 17.5 Å². The highest BCUT2D eigenvalue weighted by molar-refractivity contribution is 6.02. The van der Waals surface area contributed by atoms with Gasteiger partial charge < -0.3 is 5.32 Å². The van der Waals surface area contributed by atoms with Crippen LogP contribution in [-0.2, 0) is 0 Å². The largest absolute Gasteiger partial charge is 0.318 e. The van der Waals surface area contributed by atoms with Gasteiger partial charge in [-0.05, 0) is 24.3 Å². The molecule has 1 heterocycles. The number of halogens is 3. The number of hydrogen-bond acceptors (Lipinski definition) is 3. The SMILES string of the molecule is O=C(Nc1ccc(F)c(F)c1F)c1cccnn1. The topological polar surface area (TPSA) is 54.9 Å². The molecule has 0 spiro atoms. The number of nitrogens with zero attached hydrogens (tertiary/aromatic N) is 2. The van der Waals surface area contributed by atoms with Crippen LogP contribution >= 0.6 is 0 Å². The summed E-state index contributed by atoms with van der Waals surface area (Å²) in [4.78, 5) is 11.6. The second-order valence-corrected chi connectivity index (χ2v) is 3.29. The Bertz CT molecular complexity index is 590. The van der Waals surface area contributed by atoms with Crippen molar-refractivity contribution in [1.29, 1.82) is 0 Å². The van der Waals surface area contributed by atoms with E-state index in [0.29, 0.717) is 6.07 Å². The van der Waals surface area contributed by atoms with Crippen molar-refractivity contribution in [2.45, 2.75) is 0 Å². The van der Waals surface area contributed by atoms with Crippen molar-refractivity contribution in [1.82, 2.24) is 10.2 Å². The molecule has 2 aromatic rings. The lowest BCUT2D eigenvalue weighted by molar-refractivity contribution is 0.102. The Morgan fingerprint density at radius 3 is 2.56 bits per heavy atom. The number of anilines is 1. The first-order valence-electron chi connectivity index (χ1n) is 4.82. The Labute approximate surface area is 99.5 Å². The van der Waals surface area contributed by atoms with Gasteiger partial charge in [0.15, 0.2) is 23.1 Å². The quantitative estimate of drug-likeness (QED) is 0.834. The van der Waals surface area contributed by atoms with Crippen LogP contribution in [0.4, 0.5) is 18.9 Å². The lowest BCUT2D eigenvalue weighted by Gasteiger charge is -2.06. The summed E-state index contributed by atoms with van der Waals surface area (Å²) in [6.45, 7) is 0. The normalized spacial score (nSPS) is 10.2. The number of aromatic nitrogens is 2. The van der Waals surface area contributed by atoms with Gasteiger partial charge in [0.25, 0.3) is 5.91 Å². The molecule has 1 amide bonds. The summed E-state index contributed by atoms with van der Waals surface area (Å²) < 4.78 is 38.9. The van der Waals surface area contributed by atoms with E-state index < -0.39 is 29.0 Å². The Kier molecular flexibility index (Phi) is 3.22. The zero-order valence-electron chi connectivity index (χ0n) is 8.82. The minimum Gasteiger partial charge on any atom is -0.318 e. The Balaban J connectivity index is 2.26. The van der Waals surface area contributed by atoms with Crippen LogP contribution in [0.2, 0.25) is 0 Å². The van der Waals surface area contributed by atoms with Crippen LogP contribution in [0.25, 0.3) is 0 Å². The molecule has 1 aromatic carbocycles. The van der Waals surface area contributed by atoms with Crippen molar-refractivity contribution in [3.8, 4) is 0 Å². The zero-order valence-corrected chi connectivity index (χ0v) is 8.82. The molecule has 1 N–H and O–H groups in total. The molecule has 18 heavy (non-hydrogen) atoms. The third kappa shape index (κ3) is 2.29. The molecule has 0 radical (unpaired) electrons. The van der Waals surface area contributed by atoms with Crippen LogP contribution < -0.4 is 5.32 Å². The molecule has 0 saturated carbocycles. The van der Waals surface area contributed by atoms with Gasteiger partial charge in [-0.1, -0.05) is 0 Å². The van der Waals surface area contributed by atoms with Gasteiger partial charge in [0.05, 0.1) is 5.69 Å². The molecule has 0 atom stereocenters. The summed E-state index contributed by atoms with van der Waals surface area (Å²) in [5.74, 6) is -5.21. The number of carbonyl (C=O) groups is 1. The molecule has 0 aliphatic rings. The highest BCUT2D eigenvalue weighted by atomic mass is 19.2. The standard InChI is InChI=1S/C11H6F3N3O/c12-6-3-4-7(10(14)9(6)13)16-11(18)8-2-1-5-15-17-8/h1-5H,(H,16,18). The molecule has 4 nitrogen and oxygen atoms in total. The minimum atomic E-state index is -1.65. The lowest BCUT2D eigenvalue weighted by atomic mass is 10.2. The lowest BCUT2D eigenvalue weighted by Crippen LogP contribution is -2.15. The predicted molar refractivity (Wildman–Crippen MR) is 56.3 cm³/mol. The first-order valence-corrected chi connectivity index (χ1v) is 4.82. The summed E-state index contributed by atoms with van der Waals surface area (Å²) in [5.41, 5.74) is -0.536. The van der Waals surface area contributed by atoms with Crippen molar-refractivity contribution >= 4 is 11.6 Å². The van der Waals surface area contributed by atoms with Crippen molar-refractivity contribution in [2.75, 3.05) is 5.32 Å². The molecular weight excluding hydrogens is 247 g/mol. The van der Waals surface area contributed by atoms with Crippen LogP contribution in [0.15, 0.2) is 30.5 Å². The Hall–Kier alpha value is -2.44. The number of amides is 1. The highest BCUT2D eigenvalue weighted by Gasteiger charge is 2.16. The number of carbonyl (C=O) groups excluding carboxylic acids is 1. The van der Waals surface area contributed by atoms with E-state index in [1.165, 1.54) is 18.3 Å². The minimum absolute atomic E-state index is 0.0679. The van der Waals surface area contributed by atoms with Crippen LogP contribution in [-0.4, -0.2) is 16.1 Å². The Morgan fingerprint density at radius 1 is 1.11 bits per heavy atom. The average Bonchev–Trinajstić information content (AvgIpc) is 2.40. The van der Waals surface area contributed by atoms with Crippen molar-refractivity contribution in [3.05, 3.63) is 53.6 Å². The molecule has 7 heteroatoms. The van der Waals surface area contributed by atoms with E-state index in [1.54, 1.807) is 0 Å². The molecule has 0 aliphatic heterocycles. The smallest absolute Gasteiger partial charge is 0.276 e. The van der Waals surface area contributed by atoms with Gasteiger partial charge in [0, 0.05) is 6.20 Å². The van der Waals surface area contributed by atoms with Gasteiger partial charge in [-0.25, -0.2) is 13.2 Å². The first-order chi connectivity index (χ1) is 8.59. The fraction of sp³-hybridized carbons (Fsp3) is 0. The van der Waals surface area contributed by atoms with E-state index >= 15 is 0 Å². The maximum absolute atomic E-state index is 13.3. The first kappa shape index (κ1) is 12.0. The van der Waals surface area contributed by atoms with Crippen LogP contribution in [0.3, 0.4) is 0 Å². The molecular formula is C11H6F3N3O. The monoisotopic (exact) mass is 253 g/mol. The fourth-order valence-corrected chi connectivity index (χ4v) is 1.23. The third-order valence-corrected chi connectivity index (χ3v) is 2.09. The van der Waals surface area contributed by atoms with Gasteiger partial charge in [-0.15, -0.1) is 5.10 Å². The molecule has 1 aromatic heterocycles. The average molecular weight is 253 g/mol. The molecule has 0 saturated heterocycles.